The molecule has 0 aromatic heterocycles. The third-order valence-electron chi connectivity index (χ3n) is 6.92. The van der Waals surface area contributed by atoms with Gasteiger partial charge in [-0.3, -0.25) is 4.79 Å². The van der Waals surface area contributed by atoms with Gasteiger partial charge in [0.1, 0.15) is 24.4 Å². The fraction of sp³-hybridized carbons (Fsp3) is 0.571. The van der Waals surface area contributed by atoms with Crippen molar-refractivity contribution in [3.63, 3.8) is 0 Å². The van der Waals surface area contributed by atoms with E-state index in [0.717, 1.165) is 11.8 Å². The minimum absolute atomic E-state index is 0.0523. The lowest BCUT2D eigenvalue weighted by Crippen LogP contribution is -2.60. The van der Waals surface area contributed by atoms with Gasteiger partial charge in [0.25, 0.3) is 0 Å². The molecule has 2 heterocycles. The SMILES string of the molecule is C/C=C1/[C@H](O[C@@H]2O[C@H](CO)[C@@H](O)[C@H](O)[C@H]2O)OC=C(C(=O)OC)[C@H]1CC(=O)OCCCc1ccc(OC)c(OC)c1. The van der Waals surface area contributed by atoms with Gasteiger partial charge in [0.2, 0.25) is 6.29 Å². The van der Waals surface area contributed by atoms with Crippen LogP contribution >= 0.6 is 0 Å². The highest BCUT2D eigenvalue weighted by Crippen LogP contribution is 2.36. The Bertz CT molecular complexity index is 1100. The van der Waals surface area contributed by atoms with E-state index in [1.807, 2.05) is 12.1 Å². The minimum atomic E-state index is -1.67. The summed E-state index contributed by atoms with van der Waals surface area (Å²) in [6, 6.07) is 5.55. The quantitative estimate of drug-likeness (QED) is 0.151. The third kappa shape index (κ3) is 7.76. The molecule has 2 aliphatic rings. The first kappa shape index (κ1) is 32.3. The summed E-state index contributed by atoms with van der Waals surface area (Å²) in [5.74, 6) is -0.938. The van der Waals surface area contributed by atoms with Crippen molar-refractivity contribution in [2.75, 3.05) is 34.5 Å². The average Bonchev–Trinajstić information content (AvgIpc) is 2.99. The second kappa shape index (κ2) is 15.1. The van der Waals surface area contributed by atoms with Crippen LogP contribution in [-0.2, 0) is 39.7 Å². The highest BCUT2D eigenvalue weighted by Gasteiger charge is 2.46. The van der Waals surface area contributed by atoms with Crippen molar-refractivity contribution in [3.8, 4) is 11.5 Å². The molecule has 0 bridgehead atoms. The number of ether oxygens (including phenoxy) is 7. The van der Waals surface area contributed by atoms with Crippen molar-refractivity contribution in [1.82, 2.24) is 0 Å². The van der Waals surface area contributed by atoms with E-state index < -0.39 is 61.5 Å². The molecule has 4 N–H and O–H groups in total. The van der Waals surface area contributed by atoms with Gasteiger partial charge in [0.15, 0.2) is 17.8 Å². The molecule has 41 heavy (non-hydrogen) atoms. The number of carbonyl (C=O) groups is 2. The van der Waals surface area contributed by atoms with E-state index in [0.29, 0.717) is 29.9 Å². The number of esters is 2. The van der Waals surface area contributed by atoms with E-state index in [4.69, 9.17) is 33.2 Å². The van der Waals surface area contributed by atoms with Crippen LogP contribution in [0, 0.1) is 5.92 Å². The molecule has 0 unspecified atom stereocenters. The first-order valence-electron chi connectivity index (χ1n) is 13.1. The Morgan fingerprint density at radius 1 is 1.02 bits per heavy atom. The molecule has 1 aromatic carbocycles. The van der Waals surface area contributed by atoms with Crippen LogP contribution in [0.25, 0.3) is 0 Å². The van der Waals surface area contributed by atoms with Crippen molar-refractivity contribution in [1.29, 1.82) is 0 Å². The first-order valence-corrected chi connectivity index (χ1v) is 13.1. The predicted octanol–water partition coefficient (Wildman–Crippen LogP) is 0.362. The monoisotopic (exact) mass is 582 g/mol. The summed E-state index contributed by atoms with van der Waals surface area (Å²) in [6.07, 6.45) is -5.23. The number of aryl methyl sites for hydroxylation is 1. The van der Waals surface area contributed by atoms with Crippen LogP contribution in [0.1, 0.15) is 25.3 Å². The lowest BCUT2D eigenvalue weighted by molar-refractivity contribution is -0.327. The van der Waals surface area contributed by atoms with Crippen molar-refractivity contribution in [2.45, 2.75) is 63.2 Å². The van der Waals surface area contributed by atoms with Crippen molar-refractivity contribution < 1.29 is 63.2 Å². The lowest BCUT2D eigenvalue weighted by Gasteiger charge is -2.41. The Morgan fingerprint density at radius 2 is 1.76 bits per heavy atom. The second-order valence-corrected chi connectivity index (χ2v) is 9.42. The zero-order valence-electron chi connectivity index (χ0n) is 23.4. The molecule has 228 valence electrons. The largest absolute Gasteiger partial charge is 0.493 e. The molecule has 0 aliphatic carbocycles. The summed E-state index contributed by atoms with van der Waals surface area (Å²) in [4.78, 5) is 25.3. The summed E-state index contributed by atoms with van der Waals surface area (Å²) in [6.45, 7) is 1.13. The van der Waals surface area contributed by atoms with E-state index in [-0.39, 0.29) is 18.6 Å². The van der Waals surface area contributed by atoms with Gasteiger partial charge in [-0.05, 0) is 37.5 Å². The van der Waals surface area contributed by atoms with Crippen LogP contribution in [0.15, 0.2) is 41.7 Å². The predicted molar refractivity (Wildman–Crippen MR) is 141 cm³/mol. The molecule has 1 saturated heterocycles. The fourth-order valence-electron chi connectivity index (χ4n) is 4.65. The maximum Gasteiger partial charge on any atom is 0.337 e. The van der Waals surface area contributed by atoms with E-state index in [1.165, 1.54) is 7.11 Å². The zero-order chi connectivity index (χ0) is 30.1. The van der Waals surface area contributed by atoms with Crippen LogP contribution in [0.4, 0.5) is 0 Å². The van der Waals surface area contributed by atoms with Gasteiger partial charge < -0.3 is 53.6 Å². The van der Waals surface area contributed by atoms with Crippen LogP contribution in [0.3, 0.4) is 0 Å². The van der Waals surface area contributed by atoms with Crippen molar-refractivity contribution in [2.24, 2.45) is 5.92 Å². The molecule has 0 spiro atoms. The van der Waals surface area contributed by atoms with Gasteiger partial charge in [0, 0.05) is 11.5 Å². The Balaban J connectivity index is 1.65. The molecule has 13 heteroatoms. The summed E-state index contributed by atoms with van der Waals surface area (Å²) in [5.41, 5.74) is 1.37. The van der Waals surface area contributed by atoms with E-state index >= 15 is 0 Å². The molecule has 0 amide bonds. The first-order chi connectivity index (χ1) is 19.7. The van der Waals surface area contributed by atoms with E-state index in [1.54, 1.807) is 33.3 Å². The number of hydrogen-bond acceptors (Lipinski definition) is 13. The van der Waals surface area contributed by atoms with Gasteiger partial charge in [-0.15, -0.1) is 0 Å². The smallest absolute Gasteiger partial charge is 0.337 e. The molecular weight excluding hydrogens is 544 g/mol. The van der Waals surface area contributed by atoms with Gasteiger partial charge >= 0.3 is 11.9 Å². The number of allylic oxidation sites excluding steroid dienone is 1. The zero-order valence-corrected chi connectivity index (χ0v) is 23.4. The Labute approximate surface area is 237 Å². The summed E-state index contributed by atoms with van der Waals surface area (Å²) >= 11 is 0. The van der Waals surface area contributed by atoms with E-state index in [2.05, 4.69) is 0 Å². The Hall–Kier alpha value is -3.20. The number of aliphatic hydroxyl groups excluding tert-OH is 4. The van der Waals surface area contributed by atoms with Crippen LogP contribution in [0.5, 0.6) is 11.5 Å². The number of rotatable bonds is 12. The molecule has 0 radical (unpaired) electrons. The number of aliphatic hydroxyl groups is 4. The molecule has 1 aromatic rings. The molecule has 2 aliphatic heterocycles. The lowest BCUT2D eigenvalue weighted by atomic mass is 9.86. The summed E-state index contributed by atoms with van der Waals surface area (Å²) in [7, 11) is 4.30. The fourth-order valence-corrected chi connectivity index (χ4v) is 4.65. The number of hydrogen-bond donors (Lipinski definition) is 4. The number of carbonyl (C=O) groups excluding carboxylic acids is 2. The molecule has 1 fully saturated rings. The highest BCUT2D eigenvalue weighted by molar-refractivity contribution is 5.90. The molecule has 13 nitrogen and oxygen atoms in total. The van der Waals surface area contributed by atoms with Gasteiger partial charge in [-0.25, -0.2) is 4.79 Å². The Kier molecular flexibility index (Phi) is 11.9. The van der Waals surface area contributed by atoms with Gasteiger partial charge in [0.05, 0.1) is 52.8 Å². The standard InChI is InChI=1S/C28H38O13/c1-5-16-17(12-22(30)38-10-6-7-15-8-9-19(35-2)20(11-15)36-3)18(26(34)37-4)14-39-27(16)41-28-25(33)24(32)23(31)21(13-29)40-28/h5,8-9,11,14,17,21,23-25,27-29,31-33H,6-7,10,12-13H2,1-4H3/b16-5+/t17-,21+,23+,24-,25+,27-,28-/m0/s1. The van der Waals surface area contributed by atoms with Crippen LogP contribution in [-0.4, -0.2) is 104 Å². The molecule has 0 saturated carbocycles. The number of benzene rings is 1. The Morgan fingerprint density at radius 3 is 2.39 bits per heavy atom. The van der Waals surface area contributed by atoms with E-state index in [9.17, 15) is 30.0 Å². The van der Waals surface area contributed by atoms with Crippen LogP contribution < -0.4 is 9.47 Å². The topological polar surface area (TPSA) is 180 Å². The van der Waals surface area contributed by atoms with Crippen LogP contribution in [0.2, 0.25) is 0 Å². The molecular formula is C28H38O13. The third-order valence-corrected chi connectivity index (χ3v) is 6.92. The van der Waals surface area contributed by atoms with Crippen molar-refractivity contribution >= 4 is 11.9 Å². The maximum atomic E-state index is 12.8. The molecule has 3 rings (SSSR count). The second-order valence-electron chi connectivity index (χ2n) is 9.42. The summed E-state index contributed by atoms with van der Waals surface area (Å²) < 4.78 is 37.6. The average molecular weight is 583 g/mol. The van der Waals surface area contributed by atoms with Gasteiger partial charge in [-0.2, -0.15) is 0 Å². The van der Waals surface area contributed by atoms with Crippen molar-refractivity contribution in [3.05, 3.63) is 47.2 Å². The minimum Gasteiger partial charge on any atom is -0.493 e. The number of methoxy groups -OCH3 is 3. The highest BCUT2D eigenvalue weighted by atomic mass is 16.8. The normalized spacial score (nSPS) is 28.8. The molecule has 7 atom stereocenters. The maximum absolute atomic E-state index is 12.8. The van der Waals surface area contributed by atoms with Gasteiger partial charge in [-0.1, -0.05) is 12.1 Å². The summed E-state index contributed by atoms with van der Waals surface area (Å²) in [5, 5.41) is 39.9.